The molecule has 0 aromatic rings. The van der Waals surface area contributed by atoms with Crippen LogP contribution in [0.2, 0.25) is 0 Å². The van der Waals surface area contributed by atoms with E-state index in [2.05, 4.69) is 17.1 Å². The maximum absolute atomic E-state index is 8.98. The molecule has 0 aliphatic rings. The van der Waals surface area contributed by atoms with E-state index in [-0.39, 0.29) is 12.6 Å². The van der Waals surface area contributed by atoms with Gasteiger partial charge in [-0.25, -0.2) is 0 Å². The molecule has 0 bridgehead atoms. The van der Waals surface area contributed by atoms with E-state index < -0.39 is 0 Å². The molecular weight excluding hydrogens is 180 g/mol. The third-order valence-electron chi connectivity index (χ3n) is 2.48. The summed E-state index contributed by atoms with van der Waals surface area (Å²) in [6.45, 7) is 6.13. The Morgan fingerprint density at radius 3 is 2.57 bits per heavy atom. The maximum atomic E-state index is 8.98. The highest BCUT2D eigenvalue weighted by Crippen LogP contribution is 1.95. The summed E-state index contributed by atoms with van der Waals surface area (Å²) in [5.74, 6) is 0. The first-order valence-corrected chi connectivity index (χ1v) is 5.27. The molecule has 0 heterocycles. The minimum Gasteiger partial charge on any atom is -0.395 e. The Bertz CT molecular complexity index is 119. The number of aliphatic hydroxyl groups excluding tert-OH is 1. The van der Waals surface area contributed by atoms with Crippen LogP contribution in [0, 0.1) is 0 Å². The van der Waals surface area contributed by atoms with Crippen molar-refractivity contribution in [3.05, 3.63) is 0 Å². The average molecular weight is 204 g/mol. The normalized spacial score (nSPS) is 13.5. The van der Waals surface area contributed by atoms with E-state index in [1.165, 1.54) is 0 Å². The first-order valence-electron chi connectivity index (χ1n) is 5.27. The lowest BCUT2D eigenvalue weighted by atomic mass is 10.2. The molecule has 0 rings (SSSR count). The largest absolute Gasteiger partial charge is 0.395 e. The summed E-state index contributed by atoms with van der Waals surface area (Å²) in [5, 5.41) is 12.1. The fraction of sp³-hybridized carbons (Fsp3) is 1.00. The predicted molar refractivity (Wildman–Crippen MR) is 58.5 cm³/mol. The molecule has 0 spiro atoms. The Morgan fingerprint density at radius 2 is 2.14 bits per heavy atom. The van der Waals surface area contributed by atoms with E-state index in [4.69, 9.17) is 9.84 Å². The van der Waals surface area contributed by atoms with Crippen LogP contribution in [0.1, 0.15) is 13.3 Å². The highest BCUT2D eigenvalue weighted by Gasteiger charge is 2.07. The molecule has 0 aliphatic heterocycles. The van der Waals surface area contributed by atoms with Gasteiger partial charge in [0.25, 0.3) is 0 Å². The van der Waals surface area contributed by atoms with Crippen LogP contribution in [0.5, 0.6) is 0 Å². The molecule has 0 aromatic heterocycles. The Balaban J connectivity index is 3.59. The summed E-state index contributed by atoms with van der Waals surface area (Å²) in [6, 6.07) is 0.214. The Kier molecular flexibility index (Phi) is 9.29. The van der Waals surface area contributed by atoms with E-state index in [0.29, 0.717) is 0 Å². The van der Waals surface area contributed by atoms with Crippen LogP contribution >= 0.6 is 0 Å². The van der Waals surface area contributed by atoms with Gasteiger partial charge in [-0.3, -0.25) is 0 Å². The van der Waals surface area contributed by atoms with Crippen molar-refractivity contribution < 1.29 is 9.84 Å². The van der Waals surface area contributed by atoms with Crippen molar-refractivity contribution in [1.82, 2.24) is 10.2 Å². The van der Waals surface area contributed by atoms with E-state index in [9.17, 15) is 0 Å². The van der Waals surface area contributed by atoms with Crippen molar-refractivity contribution in [2.24, 2.45) is 0 Å². The Labute approximate surface area is 87.2 Å². The number of nitrogens with one attached hydrogen (secondary N) is 1. The fourth-order valence-corrected chi connectivity index (χ4v) is 1.31. The van der Waals surface area contributed by atoms with Crippen LogP contribution in [0.15, 0.2) is 0 Å². The van der Waals surface area contributed by atoms with Crippen LogP contribution in [0.3, 0.4) is 0 Å². The molecule has 0 aliphatic carbocycles. The average Bonchev–Trinajstić information content (AvgIpc) is 2.23. The van der Waals surface area contributed by atoms with Crippen molar-refractivity contribution in [3.8, 4) is 0 Å². The maximum Gasteiger partial charge on any atom is 0.0589 e. The molecule has 0 fully saturated rings. The van der Waals surface area contributed by atoms with Gasteiger partial charge in [0.15, 0.2) is 0 Å². The lowest BCUT2D eigenvalue weighted by Gasteiger charge is -2.22. The molecule has 14 heavy (non-hydrogen) atoms. The van der Waals surface area contributed by atoms with Crippen LogP contribution in [0.25, 0.3) is 0 Å². The van der Waals surface area contributed by atoms with E-state index in [1.54, 1.807) is 7.11 Å². The Hall–Kier alpha value is -0.160. The smallest absolute Gasteiger partial charge is 0.0589 e. The number of methoxy groups -OCH3 is 1. The van der Waals surface area contributed by atoms with Crippen molar-refractivity contribution >= 4 is 0 Å². The summed E-state index contributed by atoms with van der Waals surface area (Å²) in [7, 11) is 3.60. The molecule has 2 N–H and O–H groups in total. The number of nitrogens with zero attached hydrogens (tertiary/aromatic N) is 1. The van der Waals surface area contributed by atoms with E-state index >= 15 is 0 Å². The van der Waals surface area contributed by atoms with Crippen molar-refractivity contribution in [2.75, 3.05) is 47.0 Å². The number of hydrogen-bond donors (Lipinski definition) is 2. The lowest BCUT2D eigenvalue weighted by molar-refractivity contribution is 0.144. The van der Waals surface area contributed by atoms with Crippen molar-refractivity contribution in [1.29, 1.82) is 0 Å². The molecule has 4 heteroatoms. The first-order chi connectivity index (χ1) is 6.78. The summed E-state index contributed by atoms with van der Waals surface area (Å²) in [5.41, 5.74) is 0. The quantitative estimate of drug-likeness (QED) is 0.552. The second-order valence-corrected chi connectivity index (χ2v) is 3.38. The second kappa shape index (κ2) is 9.40. The van der Waals surface area contributed by atoms with Gasteiger partial charge in [-0.1, -0.05) is 6.92 Å². The molecule has 0 saturated carbocycles. The fourth-order valence-electron chi connectivity index (χ4n) is 1.31. The van der Waals surface area contributed by atoms with Crippen LogP contribution in [0.4, 0.5) is 0 Å². The van der Waals surface area contributed by atoms with Crippen LogP contribution in [-0.4, -0.2) is 63.1 Å². The Morgan fingerprint density at radius 1 is 1.43 bits per heavy atom. The second-order valence-electron chi connectivity index (χ2n) is 3.38. The molecule has 0 radical (unpaired) electrons. The zero-order valence-electron chi connectivity index (χ0n) is 9.62. The molecule has 1 unspecified atom stereocenters. The molecule has 0 amide bonds. The monoisotopic (exact) mass is 204 g/mol. The standard InChI is InChI=1S/C10H24N2O2/c1-4-12(7-8-14-3)6-5-10(9-13)11-2/h10-11,13H,4-9H2,1-3H3. The molecule has 1 atom stereocenters. The number of likely N-dealkylation sites (N-methyl/N-ethyl adjacent to an activating group) is 2. The van der Waals surface area contributed by atoms with Gasteiger partial charge in [-0.05, 0) is 26.6 Å². The summed E-state index contributed by atoms with van der Waals surface area (Å²) in [4.78, 5) is 2.32. The molecule has 86 valence electrons. The zero-order chi connectivity index (χ0) is 10.8. The van der Waals surface area contributed by atoms with Gasteiger partial charge < -0.3 is 20.1 Å². The first kappa shape index (κ1) is 13.8. The SMILES string of the molecule is CCN(CCOC)CCC(CO)NC. The van der Waals surface area contributed by atoms with Crippen molar-refractivity contribution in [3.63, 3.8) is 0 Å². The minimum atomic E-state index is 0.207. The van der Waals surface area contributed by atoms with E-state index in [0.717, 1.165) is 32.7 Å². The van der Waals surface area contributed by atoms with E-state index in [1.807, 2.05) is 7.05 Å². The topological polar surface area (TPSA) is 44.7 Å². The van der Waals surface area contributed by atoms with Gasteiger partial charge >= 0.3 is 0 Å². The number of rotatable bonds is 9. The number of hydrogen-bond acceptors (Lipinski definition) is 4. The van der Waals surface area contributed by atoms with Crippen LogP contribution in [-0.2, 0) is 4.74 Å². The third-order valence-corrected chi connectivity index (χ3v) is 2.48. The van der Waals surface area contributed by atoms with Crippen LogP contribution < -0.4 is 5.32 Å². The molecule has 0 aromatic carbocycles. The summed E-state index contributed by atoms with van der Waals surface area (Å²) >= 11 is 0. The summed E-state index contributed by atoms with van der Waals surface area (Å²) < 4.78 is 5.03. The van der Waals surface area contributed by atoms with Crippen molar-refractivity contribution in [2.45, 2.75) is 19.4 Å². The molecule has 4 nitrogen and oxygen atoms in total. The van der Waals surface area contributed by atoms with Gasteiger partial charge in [0.2, 0.25) is 0 Å². The number of aliphatic hydroxyl groups is 1. The summed E-state index contributed by atoms with van der Waals surface area (Å²) in [6.07, 6.45) is 0.977. The highest BCUT2D eigenvalue weighted by atomic mass is 16.5. The molecular formula is C10H24N2O2. The highest BCUT2D eigenvalue weighted by molar-refractivity contribution is 4.66. The predicted octanol–water partition coefficient (Wildman–Crippen LogP) is -0.0749. The minimum absolute atomic E-state index is 0.207. The zero-order valence-corrected chi connectivity index (χ0v) is 9.62. The van der Waals surface area contributed by atoms with Gasteiger partial charge in [0.1, 0.15) is 0 Å². The van der Waals surface area contributed by atoms with Gasteiger partial charge in [0.05, 0.1) is 13.2 Å². The third kappa shape index (κ3) is 6.32. The van der Waals surface area contributed by atoms with Gasteiger partial charge in [0, 0.05) is 19.7 Å². The lowest BCUT2D eigenvalue weighted by Crippen LogP contribution is -2.36. The molecule has 0 saturated heterocycles. The van der Waals surface area contributed by atoms with Gasteiger partial charge in [-0.2, -0.15) is 0 Å². The van der Waals surface area contributed by atoms with Gasteiger partial charge in [-0.15, -0.1) is 0 Å². The number of ether oxygens (including phenoxy) is 1.